The van der Waals surface area contributed by atoms with Crippen LogP contribution < -0.4 is 0 Å². The Labute approximate surface area is 138 Å². The molecule has 0 aromatic carbocycles. The van der Waals surface area contributed by atoms with Crippen molar-refractivity contribution in [2.45, 2.75) is 77.8 Å². The van der Waals surface area contributed by atoms with Gasteiger partial charge in [-0.1, -0.05) is 67.1 Å². The Morgan fingerprint density at radius 2 is 1.36 bits per heavy atom. The van der Waals surface area contributed by atoms with Crippen molar-refractivity contribution in [3.63, 3.8) is 0 Å². The highest BCUT2D eigenvalue weighted by atomic mass is 28.3. The fraction of sp³-hybridized carbons (Fsp3) is 0.667. The topological polar surface area (TPSA) is 4.93 Å². The van der Waals surface area contributed by atoms with Gasteiger partial charge in [-0.25, -0.2) is 4.39 Å². The third-order valence-corrected chi connectivity index (χ3v) is 12.1. The molecular formula is C18H32FNSi2. The summed E-state index contributed by atoms with van der Waals surface area (Å²) in [6.45, 7) is 20.3. The van der Waals surface area contributed by atoms with Crippen molar-refractivity contribution in [1.82, 2.24) is 4.23 Å². The van der Waals surface area contributed by atoms with Crippen LogP contribution in [0.4, 0.5) is 4.39 Å². The van der Waals surface area contributed by atoms with E-state index in [1.807, 2.05) is 6.20 Å². The molecule has 4 heteroatoms. The molecule has 0 spiro atoms. The molecule has 0 aliphatic rings. The van der Waals surface area contributed by atoms with Gasteiger partial charge in [-0.3, -0.25) is 0 Å². The first-order valence-corrected chi connectivity index (χ1v) is 14.0. The Morgan fingerprint density at radius 1 is 0.909 bits per heavy atom. The monoisotopic (exact) mass is 337 g/mol. The van der Waals surface area contributed by atoms with E-state index in [2.05, 4.69) is 76.9 Å². The Balaban J connectivity index is 3.44. The lowest BCUT2D eigenvalue weighted by atomic mass is 10.3. The van der Waals surface area contributed by atoms with Crippen molar-refractivity contribution in [2.75, 3.05) is 0 Å². The van der Waals surface area contributed by atoms with Gasteiger partial charge in [0.2, 0.25) is 0 Å². The predicted octanol–water partition coefficient (Wildman–Crippen LogP) is 5.88. The van der Waals surface area contributed by atoms with E-state index in [4.69, 9.17) is 0 Å². The fourth-order valence-corrected chi connectivity index (χ4v) is 10.9. The van der Waals surface area contributed by atoms with Gasteiger partial charge in [0.15, 0.2) is 14.1 Å². The molecule has 0 amide bonds. The van der Waals surface area contributed by atoms with Gasteiger partial charge in [0, 0.05) is 12.4 Å². The van der Waals surface area contributed by atoms with E-state index in [9.17, 15) is 4.39 Å². The largest absolute Gasteiger partial charge is 0.376 e. The number of hydrogen-bond donors (Lipinski definition) is 0. The van der Waals surface area contributed by atoms with Crippen molar-refractivity contribution in [2.24, 2.45) is 0 Å². The SMILES string of the molecule is CC(C)[Si](C(C)C)(C(C)C)n1cc(F)c(C#C[Si](C)(C)C)c1. The van der Waals surface area contributed by atoms with Crippen molar-refractivity contribution < 1.29 is 4.39 Å². The molecule has 0 N–H and O–H groups in total. The first-order valence-electron chi connectivity index (χ1n) is 8.34. The first kappa shape index (κ1) is 19.3. The first-order chi connectivity index (χ1) is 9.92. The average Bonchev–Trinajstić information content (AvgIpc) is 2.66. The van der Waals surface area contributed by atoms with E-state index >= 15 is 0 Å². The highest BCUT2D eigenvalue weighted by molar-refractivity contribution is 6.84. The predicted molar refractivity (Wildman–Crippen MR) is 101 cm³/mol. The molecule has 0 fully saturated rings. The van der Waals surface area contributed by atoms with Gasteiger partial charge < -0.3 is 4.23 Å². The van der Waals surface area contributed by atoms with Crippen molar-refractivity contribution in [3.8, 4) is 11.5 Å². The molecule has 1 rings (SSSR count). The molecule has 1 heterocycles. The second-order valence-electron chi connectivity index (χ2n) is 8.28. The van der Waals surface area contributed by atoms with Crippen LogP contribution in [-0.4, -0.2) is 20.5 Å². The third kappa shape index (κ3) is 3.75. The van der Waals surface area contributed by atoms with Crippen LogP contribution in [0.1, 0.15) is 47.1 Å². The second kappa shape index (κ2) is 6.76. The van der Waals surface area contributed by atoms with Crippen LogP contribution in [0.5, 0.6) is 0 Å². The normalized spacial score (nSPS) is 13.0. The summed E-state index contributed by atoms with van der Waals surface area (Å²) in [7, 11) is -3.36. The molecule has 1 nitrogen and oxygen atoms in total. The van der Waals surface area contributed by atoms with Gasteiger partial charge in [-0.05, 0) is 16.6 Å². The van der Waals surface area contributed by atoms with Crippen LogP contribution in [0.3, 0.4) is 0 Å². The van der Waals surface area contributed by atoms with Gasteiger partial charge in [0.05, 0.1) is 5.56 Å². The number of rotatable bonds is 4. The van der Waals surface area contributed by atoms with Gasteiger partial charge in [0.1, 0.15) is 8.07 Å². The van der Waals surface area contributed by atoms with E-state index in [1.165, 1.54) is 0 Å². The third-order valence-electron chi connectivity index (χ3n) is 4.57. The summed E-state index contributed by atoms with van der Waals surface area (Å²) >= 11 is 0. The molecule has 1 aromatic rings. The molecule has 0 aliphatic heterocycles. The number of aromatic nitrogens is 1. The standard InChI is InChI=1S/C18H32FNSi2/c1-14(2)22(15(3)4,16(5)6)20-12-17(18(19)13-20)10-11-21(7,8)9/h12-16H,1-9H3. The van der Waals surface area contributed by atoms with E-state index in [0.717, 1.165) is 0 Å². The molecule has 124 valence electrons. The molecular weight excluding hydrogens is 305 g/mol. The van der Waals surface area contributed by atoms with Crippen molar-refractivity contribution >= 4 is 16.3 Å². The van der Waals surface area contributed by atoms with Crippen LogP contribution in [0.2, 0.25) is 36.3 Å². The quantitative estimate of drug-likeness (QED) is 0.477. The van der Waals surface area contributed by atoms with Crippen molar-refractivity contribution in [1.29, 1.82) is 0 Å². The lowest BCUT2D eigenvalue weighted by molar-refractivity contribution is 0.623. The van der Waals surface area contributed by atoms with E-state index < -0.39 is 16.3 Å². The molecule has 0 bridgehead atoms. The van der Waals surface area contributed by atoms with Gasteiger partial charge in [-0.2, -0.15) is 0 Å². The maximum absolute atomic E-state index is 14.4. The van der Waals surface area contributed by atoms with E-state index in [1.54, 1.807) is 6.20 Å². The second-order valence-corrected chi connectivity index (χ2v) is 18.8. The minimum absolute atomic E-state index is 0.162. The summed E-state index contributed by atoms with van der Waals surface area (Å²) in [6, 6.07) is 0. The highest BCUT2D eigenvalue weighted by Crippen LogP contribution is 2.42. The summed E-state index contributed by atoms with van der Waals surface area (Å²) in [5, 5.41) is 0. The fourth-order valence-electron chi connectivity index (χ4n) is 3.89. The summed E-state index contributed by atoms with van der Waals surface area (Å²) in [6.07, 6.45) is 3.69. The zero-order chi connectivity index (χ0) is 17.3. The van der Waals surface area contributed by atoms with Crippen LogP contribution >= 0.6 is 0 Å². The highest BCUT2D eigenvalue weighted by Gasteiger charge is 2.45. The van der Waals surface area contributed by atoms with Gasteiger partial charge in [0.25, 0.3) is 0 Å². The zero-order valence-electron chi connectivity index (χ0n) is 15.7. The van der Waals surface area contributed by atoms with Crippen LogP contribution in [0.15, 0.2) is 12.4 Å². The average molecular weight is 338 g/mol. The number of halogens is 1. The molecule has 0 aliphatic carbocycles. The molecule has 0 unspecified atom stereocenters. The van der Waals surface area contributed by atoms with Gasteiger partial charge >= 0.3 is 0 Å². The lowest BCUT2D eigenvalue weighted by Gasteiger charge is -2.44. The van der Waals surface area contributed by atoms with Crippen LogP contribution in [-0.2, 0) is 0 Å². The Kier molecular flexibility index (Phi) is 5.91. The smallest absolute Gasteiger partial charge is 0.168 e. The van der Waals surface area contributed by atoms with Gasteiger partial charge in [-0.15, -0.1) is 5.54 Å². The number of nitrogens with zero attached hydrogens (tertiary/aromatic N) is 1. The van der Waals surface area contributed by atoms with Crippen LogP contribution in [0.25, 0.3) is 0 Å². The summed E-state index contributed by atoms with van der Waals surface area (Å²) in [5.74, 6) is 2.94. The minimum Gasteiger partial charge on any atom is -0.376 e. The summed E-state index contributed by atoms with van der Waals surface area (Å²) in [5.41, 5.74) is 5.51. The Morgan fingerprint density at radius 3 is 1.73 bits per heavy atom. The summed E-state index contributed by atoms with van der Waals surface area (Å²) in [4.78, 5) is 0. The molecule has 0 atom stereocenters. The Bertz CT molecular complexity index is 546. The van der Waals surface area contributed by atoms with Crippen LogP contribution in [0, 0.1) is 17.3 Å². The van der Waals surface area contributed by atoms with E-state index in [-0.39, 0.29) is 5.82 Å². The van der Waals surface area contributed by atoms with E-state index in [0.29, 0.717) is 22.2 Å². The van der Waals surface area contributed by atoms with Crippen molar-refractivity contribution in [3.05, 3.63) is 23.8 Å². The molecule has 0 saturated carbocycles. The molecule has 0 saturated heterocycles. The molecule has 1 aromatic heterocycles. The maximum atomic E-state index is 14.4. The zero-order valence-corrected chi connectivity index (χ0v) is 17.7. The molecule has 0 radical (unpaired) electrons. The Hall–Kier alpha value is -0.796. The maximum Gasteiger partial charge on any atom is 0.168 e. The number of hydrogen-bond acceptors (Lipinski definition) is 0. The molecule has 22 heavy (non-hydrogen) atoms. The summed E-state index contributed by atoms with van der Waals surface area (Å²) < 4.78 is 16.7. The minimum atomic E-state index is -1.87. The lowest BCUT2D eigenvalue weighted by Crippen LogP contribution is -2.51.